The highest BCUT2D eigenvalue weighted by Gasteiger charge is 2.04. The minimum atomic E-state index is -0.638. The number of rotatable bonds is 0. The Hall–Kier alpha value is -0.0900. The highest BCUT2D eigenvalue weighted by molar-refractivity contribution is 9.11. The number of benzene rings is 1. The second-order valence-corrected chi connectivity index (χ2v) is 3.49. The van der Waals surface area contributed by atoms with Crippen LogP contribution in [0, 0.1) is 5.82 Å². The van der Waals surface area contributed by atoms with Crippen LogP contribution < -0.4 is 0 Å². The van der Waals surface area contributed by atoms with E-state index in [1.165, 1.54) is 6.07 Å². The van der Waals surface area contributed by atoms with E-state index in [1.54, 1.807) is 6.07 Å². The Morgan fingerprint density at radius 1 is 1.30 bits per heavy atom. The Labute approximate surface area is 74.1 Å². The van der Waals surface area contributed by atoms with E-state index in [-0.39, 0.29) is 5.75 Å². The fraction of sp³-hybridized carbons (Fsp3) is 0. The van der Waals surface area contributed by atoms with Crippen LogP contribution >= 0.6 is 31.9 Å². The summed E-state index contributed by atoms with van der Waals surface area (Å²) in [6.45, 7) is 0. The quantitative estimate of drug-likeness (QED) is 0.768. The first-order chi connectivity index (χ1) is 4.61. The smallest absolute Gasteiger partial charge is 0.167 e. The number of hydrogen-bond donors (Lipinski definition) is 1. The first kappa shape index (κ1) is 8.01. The van der Waals surface area contributed by atoms with E-state index < -0.39 is 5.82 Å². The number of aromatic hydroxyl groups is 1. The first-order valence-corrected chi connectivity index (χ1v) is 4.03. The van der Waals surface area contributed by atoms with E-state index in [9.17, 15) is 4.39 Å². The SMILES string of the molecule is Oc1c(F)cc(Br)cc1Br. The number of hydrogen-bond acceptors (Lipinski definition) is 1. The second-order valence-electron chi connectivity index (χ2n) is 1.72. The molecule has 0 radical (unpaired) electrons. The molecule has 1 rings (SSSR count). The fourth-order valence-corrected chi connectivity index (χ4v) is 1.71. The van der Waals surface area contributed by atoms with Crippen molar-refractivity contribution in [3.63, 3.8) is 0 Å². The molecule has 1 aromatic carbocycles. The predicted molar refractivity (Wildman–Crippen MR) is 43.5 cm³/mol. The summed E-state index contributed by atoms with van der Waals surface area (Å²) in [6.07, 6.45) is 0. The molecule has 0 saturated carbocycles. The normalized spacial score (nSPS) is 9.90. The zero-order valence-corrected chi connectivity index (χ0v) is 7.91. The summed E-state index contributed by atoms with van der Waals surface area (Å²) in [6, 6.07) is 2.76. The van der Waals surface area contributed by atoms with Crippen LogP contribution in [0.4, 0.5) is 4.39 Å². The van der Waals surface area contributed by atoms with Gasteiger partial charge in [0.05, 0.1) is 4.47 Å². The summed E-state index contributed by atoms with van der Waals surface area (Å²) >= 11 is 6.04. The minimum Gasteiger partial charge on any atom is -0.504 e. The molecule has 0 aliphatic heterocycles. The summed E-state index contributed by atoms with van der Waals surface area (Å²) in [4.78, 5) is 0. The van der Waals surface area contributed by atoms with Crippen molar-refractivity contribution in [1.29, 1.82) is 0 Å². The van der Waals surface area contributed by atoms with Crippen LogP contribution in [0.15, 0.2) is 21.1 Å². The zero-order valence-electron chi connectivity index (χ0n) is 4.74. The van der Waals surface area contributed by atoms with Crippen molar-refractivity contribution in [2.45, 2.75) is 0 Å². The highest BCUT2D eigenvalue weighted by atomic mass is 79.9. The molecule has 0 unspecified atom stereocenters. The average Bonchev–Trinajstić information content (AvgIpc) is 1.82. The van der Waals surface area contributed by atoms with Gasteiger partial charge in [-0.1, -0.05) is 15.9 Å². The molecule has 0 bridgehead atoms. The van der Waals surface area contributed by atoms with E-state index in [1.807, 2.05) is 0 Å². The Morgan fingerprint density at radius 2 is 1.90 bits per heavy atom. The van der Waals surface area contributed by atoms with Crippen molar-refractivity contribution >= 4 is 31.9 Å². The Balaban J connectivity index is 3.31. The third-order valence-electron chi connectivity index (χ3n) is 0.982. The van der Waals surface area contributed by atoms with Gasteiger partial charge in [0.15, 0.2) is 11.6 Å². The molecule has 54 valence electrons. The molecule has 0 fully saturated rings. The molecule has 1 aromatic rings. The van der Waals surface area contributed by atoms with Gasteiger partial charge in [-0.3, -0.25) is 0 Å². The molecule has 0 heterocycles. The van der Waals surface area contributed by atoms with Gasteiger partial charge in [-0.2, -0.15) is 0 Å². The van der Waals surface area contributed by atoms with E-state index >= 15 is 0 Å². The van der Waals surface area contributed by atoms with Crippen LogP contribution in [0.1, 0.15) is 0 Å². The number of halogens is 3. The van der Waals surface area contributed by atoms with Gasteiger partial charge in [-0.15, -0.1) is 0 Å². The summed E-state index contributed by atoms with van der Waals surface area (Å²) in [5, 5.41) is 8.89. The fourth-order valence-electron chi connectivity index (χ4n) is 0.535. The van der Waals surface area contributed by atoms with Gasteiger partial charge < -0.3 is 5.11 Å². The van der Waals surface area contributed by atoms with Crippen molar-refractivity contribution in [1.82, 2.24) is 0 Å². The second kappa shape index (κ2) is 2.88. The molecule has 10 heavy (non-hydrogen) atoms. The Bertz CT molecular complexity index is 239. The molecule has 0 saturated heterocycles. The minimum absolute atomic E-state index is 0.347. The molecular weight excluding hydrogens is 267 g/mol. The van der Waals surface area contributed by atoms with E-state index in [0.717, 1.165) is 0 Å². The number of phenolic OH excluding ortho intramolecular Hbond substituents is 1. The largest absolute Gasteiger partial charge is 0.504 e. The molecule has 1 N–H and O–H groups in total. The standard InChI is InChI=1S/C6H3Br2FO/c7-3-1-4(8)6(10)5(9)2-3/h1-2,10H. The van der Waals surface area contributed by atoms with Crippen LogP contribution in [-0.2, 0) is 0 Å². The van der Waals surface area contributed by atoms with Gasteiger partial charge in [0, 0.05) is 4.47 Å². The average molecular weight is 270 g/mol. The maximum Gasteiger partial charge on any atom is 0.167 e. The zero-order chi connectivity index (χ0) is 7.72. The van der Waals surface area contributed by atoms with Crippen molar-refractivity contribution in [2.24, 2.45) is 0 Å². The lowest BCUT2D eigenvalue weighted by Gasteiger charge is -1.97. The molecular formula is C6H3Br2FO. The molecule has 4 heteroatoms. The monoisotopic (exact) mass is 268 g/mol. The van der Waals surface area contributed by atoms with E-state index in [0.29, 0.717) is 8.95 Å². The third-order valence-corrected chi connectivity index (χ3v) is 2.04. The lowest BCUT2D eigenvalue weighted by molar-refractivity contribution is 0.429. The lowest BCUT2D eigenvalue weighted by atomic mass is 10.3. The highest BCUT2D eigenvalue weighted by Crippen LogP contribution is 2.29. The summed E-state index contributed by atoms with van der Waals surface area (Å²) in [5.41, 5.74) is 0. The van der Waals surface area contributed by atoms with Crippen molar-refractivity contribution in [2.75, 3.05) is 0 Å². The lowest BCUT2D eigenvalue weighted by Crippen LogP contribution is -1.77. The molecule has 0 spiro atoms. The van der Waals surface area contributed by atoms with Crippen molar-refractivity contribution < 1.29 is 9.50 Å². The van der Waals surface area contributed by atoms with Gasteiger partial charge in [0.25, 0.3) is 0 Å². The third kappa shape index (κ3) is 1.49. The summed E-state index contributed by atoms with van der Waals surface area (Å²) < 4.78 is 13.5. The maximum atomic E-state index is 12.5. The van der Waals surface area contributed by atoms with E-state index in [4.69, 9.17) is 5.11 Å². The van der Waals surface area contributed by atoms with Gasteiger partial charge in [0.1, 0.15) is 0 Å². The maximum absolute atomic E-state index is 12.5. The summed E-state index contributed by atoms with van der Waals surface area (Å²) in [5.74, 6) is -0.996. The van der Waals surface area contributed by atoms with Gasteiger partial charge in [-0.05, 0) is 28.1 Å². The first-order valence-electron chi connectivity index (χ1n) is 2.45. The molecule has 0 aromatic heterocycles. The van der Waals surface area contributed by atoms with Crippen LogP contribution in [-0.4, -0.2) is 5.11 Å². The van der Waals surface area contributed by atoms with Crippen LogP contribution in [0.3, 0.4) is 0 Å². The number of phenols is 1. The van der Waals surface area contributed by atoms with Crippen molar-refractivity contribution in [3.05, 3.63) is 26.9 Å². The molecule has 0 amide bonds. The predicted octanol–water partition coefficient (Wildman–Crippen LogP) is 3.06. The summed E-state index contributed by atoms with van der Waals surface area (Å²) in [7, 11) is 0. The van der Waals surface area contributed by atoms with Gasteiger partial charge >= 0.3 is 0 Å². The molecule has 0 aliphatic rings. The Morgan fingerprint density at radius 3 is 2.40 bits per heavy atom. The van der Waals surface area contributed by atoms with Gasteiger partial charge in [0.2, 0.25) is 0 Å². The van der Waals surface area contributed by atoms with Crippen LogP contribution in [0.5, 0.6) is 5.75 Å². The molecule has 0 atom stereocenters. The van der Waals surface area contributed by atoms with E-state index in [2.05, 4.69) is 31.9 Å². The van der Waals surface area contributed by atoms with Gasteiger partial charge in [-0.25, -0.2) is 4.39 Å². The van der Waals surface area contributed by atoms with Crippen molar-refractivity contribution in [3.8, 4) is 5.75 Å². The molecule has 0 aliphatic carbocycles. The van der Waals surface area contributed by atoms with Crippen LogP contribution in [0.25, 0.3) is 0 Å². The van der Waals surface area contributed by atoms with Crippen LogP contribution in [0.2, 0.25) is 0 Å². The molecule has 1 nitrogen and oxygen atoms in total. The Kier molecular flexibility index (Phi) is 2.31. The topological polar surface area (TPSA) is 20.2 Å².